The Balaban J connectivity index is 1.59. The van der Waals surface area contributed by atoms with Crippen molar-refractivity contribution in [2.75, 3.05) is 6.61 Å². The Labute approximate surface area is 248 Å². The van der Waals surface area contributed by atoms with Gasteiger partial charge in [0.1, 0.15) is 76.7 Å². The minimum Gasteiger partial charge on any atom is -0.508 e. The summed E-state index contributed by atoms with van der Waals surface area (Å²) < 4.78 is 28.1. The SMILES string of the molecule is CC(=O)O[C@H]1[C@H](O[C@@H]2[C@@H](O)[C@H](O)[C@@H](CO)O[C@H]2c2c(O)cc3oc(-c4ccc(O)cc4)cc(=O)c3c2O)O[C@@H](C)[C@H](O)[C@H]1O. The van der Waals surface area contributed by atoms with Crippen LogP contribution in [0.5, 0.6) is 17.2 Å². The number of aliphatic hydroxyl groups excluding tert-OH is 5. The zero-order valence-electron chi connectivity index (χ0n) is 23.4. The van der Waals surface area contributed by atoms with Gasteiger partial charge in [-0.05, 0) is 31.2 Å². The number of benzene rings is 2. The summed E-state index contributed by atoms with van der Waals surface area (Å²) in [6.07, 6.45) is -16.1. The number of hydrogen-bond acceptors (Lipinski definition) is 15. The number of carbonyl (C=O) groups excluding carboxylic acids is 1. The number of ether oxygens (including phenoxy) is 4. The van der Waals surface area contributed by atoms with Crippen molar-refractivity contribution in [2.45, 2.75) is 75.1 Å². The smallest absolute Gasteiger partial charge is 0.303 e. The van der Waals surface area contributed by atoms with Gasteiger partial charge >= 0.3 is 5.97 Å². The van der Waals surface area contributed by atoms with Crippen molar-refractivity contribution in [3.05, 3.63) is 52.2 Å². The van der Waals surface area contributed by atoms with Crippen LogP contribution in [0.25, 0.3) is 22.3 Å². The van der Waals surface area contributed by atoms with Gasteiger partial charge in [0.15, 0.2) is 17.8 Å². The molecule has 2 aliphatic rings. The number of phenols is 3. The fourth-order valence-electron chi connectivity index (χ4n) is 5.41. The standard InChI is InChI=1S/C29H32O15/c1-10-21(35)24(38)28(41-11(2)31)29(40-10)44-27-25(39)22(36)18(9-30)43-26(27)20-15(34)8-17-19(23(20)37)14(33)7-16(42-17)12-3-5-13(32)6-4-12/h3-8,10,18,21-22,24-30,32,34-39H,9H2,1-2H3/t10-,18+,21-,22+,24+,25-,26-,27+,28+,29-/m0/s1. The molecule has 0 aliphatic carbocycles. The van der Waals surface area contributed by atoms with Gasteiger partial charge in [-0.2, -0.15) is 0 Å². The summed E-state index contributed by atoms with van der Waals surface area (Å²) in [6, 6.07) is 7.81. The van der Waals surface area contributed by atoms with E-state index in [9.17, 15) is 50.4 Å². The van der Waals surface area contributed by atoms with Crippen molar-refractivity contribution in [1.82, 2.24) is 0 Å². The van der Waals surface area contributed by atoms with E-state index >= 15 is 0 Å². The maximum Gasteiger partial charge on any atom is 0.303 e. The molecule has 2 aliphatic heterocycles. The highest BCUT2D eigenvalue weighted by atomic mass is 16.7. The number of rotatable bonds is 6. The second kappa shape index (κ2) is 12.3. The molecule has 1 aromatic heterocycles. The molecule has 0 saturated carbocycles. The van der Waals surface area contributed by atoms with Gasteiger partial charge in [0, 0.05) is 24.6 Å². The largest absolute Gasteiger partial charge is 0.508 e. The molecule has 8 N–H and O–H groups in total. The third-order valence-electron chi connectivity index (χ3n) is 7.69. The Hall–Kier alpha value is -3.80. The van der Waals surface area contributed by atoms with Crippen LogP contribution in [0, 0.1) is 0 Å². The Morgan fingerprint density at radius 2 is 1.57 bits per heavy atom. The number of phenolic OH excluding ortho intramolecular Hbond substituents is 3. The van der Waals surface area contributed by atoms with E-state index < -0.39 is 96.3 Å². The molecular weight excluding hydrogens is 588 g/mol. The maximum absolute atomic E-state index is 13.2. The molecule has 2 aromatic carbocycles. The summed E-state index contributed by atoms with van der Waals surface area (Å²) in [4.78, 5) is 25.0. The average Bonchev–Trinajstić information content (AvgIpc) is 2.97. The minimum absolute atomic E-state index is 0.0208. The Bertz CT molecular complexity index is 1570. The second-order valence-corrected chi connectivity index (χ2v) is 10.7. The monoisotopic (exact) mass is 620 g/mol. The van der Waals surface area contributed by atoms with Crippen LogP contribution in [-0.2, 0) is 23.7 Å². The van der Waals surface area contributed by atoms with Gasteiger partial charge in [0.05, 0.1) is 18.3 Å². The van der Waals surface area contributed by atoms with Crippen molar-refractivity contribution < 1.29 is 69.0 Å². The molecule has 15 heteroatoms. The van der Waals surface area contributed by atoms with Gasteiger partial charge < -0.3 is 64.2 Å². The lowest BCUT2D eigenvalue weighted by molar-refractivity contribution is -0.339. The molecule has 2 saturated heterocycles. The van der Waals surface area contributed by atoms with E-state index in [0.29, 0.717) is 5.56 Å². The molecular formula is C29H32O15. The van der Waals surface area contributed by atoms with Gasteiger partial charge in [-0.25, -0.2) is 0 Å². The van der Waals surface area contributed by atoms with E-state index in [1.807, 2.05) is 0 Å². The van der Waals surface area contributed by atoms with Crippen LogP contribution in [0.3, 0.4) is 0 Å². The van der Waals surface area contributed by atoms with E-state index in [0.717, 1.165) is 19.1 Å². The van der Waals surface area contributed by atoms with Gasteiger partial charge in [-0.3, -0.25) is 9.59 Å². The van der Waals surface area contributed by atoms with Crippen molar-refractivity contribution >= 4 is 16.9 Å². The van der Waals surface area contributed by atoms with Crippen LogP contribution >= 0.6 is 0 Å². The molecule has 0 amide bonds. The molecule has 0 bridgehead atoms. The molecule has 2 fully saturated rings. The number of aromatic hydroxyl groups is 3. The highest BCUT2D eigenvalue weighted by molar-refractivity contribution is 5.88. The molecule has 0 unspecified atom stereocenters. The quantitative estimate of drug-likeness (QED) is 0.162. The lowest BCUT2D eigenvalue weighted by atomic mass is 9.89. The predicted octanol–water partition coefficient (Wildman–Crippen LogP) is -0.486. The first-order valence-corrected chi connectivity index (χ1v) is 13.6. The second-order valence-electron chi connectivity index (χ2n) is 10.7. The molecule has 238 valence electrons. The fourth-order valence-corrected chi connectivity index (χ4v) is 5.41. The zero-order chi connectivity index (χ0) is 32.0. The van der Waals surface area contributed by atoms with Crippen LogP contribution in [0.15, 0.2) is 45.6 Å². The number of hydrogen-bond donors (Lipinski definition) is 8. The summed E-state index contributed by atoms with van der Waals surface area (Å²) in [5, 5.41) is 84.0. The van der Waals surface area contributed by atoms with Crippen molar-refractivity contribution in [3.63, 3.8) is 0 Å². The zero-order valence-corrected chi connectivity index (χ0v) is 23.4. The first-order chi connectivity index (χ1) is 20.8. The minimum atomic E-state index is -1.89. The Morgan fingerprint density at radius 1 is 0.909 bits per heavy atom. The highest BCUT2D eigenvalue weighted by Crippen LogP contribution is 2.46. The topological polar surface area (TPSA) is 246 Å². The average molecular weight is 621 g/mol. The van der Waals surface area contributed by atoms with E-state index in [2.05, 4.69) is 0 Å². The highest BCUT2D eigenvalue weighted by Gasteiger charge is 2.52. The molecule has 10 atom stereocenters. The number of aliphatic hydroxyl groups is 5. The Kier molecular flexibility index (Phi) is 8.84. The molecule has 3 heterocycles. The lowest BCUT2D eigenvalue weighted by Crippen LogP contribution is -2.62. The van der Waals surface area contributed by atoms with Gasteiger partial charge in [-0.1, -0.05) is 0 Å². The van der Waals surface area contributed by atoms with E-state index in [4.69, 9.17) is 23.4 Å². The molecule has 44 heavy (non-hydrogen) atoms. The number of esters is 1. The molecule has 0 spiro atoms. The van der Waals surface area contributed by atoms with E-state index in [1.54, 1.807) is 0 Å². The van der Waals surface area contributed by atoms with E-state index in [1.165, 1.54) is 31.2 Å². The van der Waals surface area contributed by atoms with Crippen LogP contribution < -0.4 is 5.43 Å². The summed E-state index contributed by atoms with van der Waals surface area (Å²) in [5.41, 5.74) is -1.04. The third kappa shape index (κ3) is 5.71. The maximum atomic E-state index is 13.2. The fraction of sp³-hybridized carbons (Fsp3) is 0.448. The predicted molar refractivity (Wildman–Crippen MR) is 146 cm³/mol. The summed E-state index contributed by atoms with van der Waals surface area (Å²) in [5.74, 6) is -2.34. The molecule has 0 radical (unpaired) electrons. The number of carbonyl (C=O) groups is 1. The summed E-state index contributed by atoms with van der Waals surface area (Å²) in [6.45, 7) is 1.62. The lowest BCUT2D eigenvalue weighted by Gasteiger charge is -2.46. The van der Waals surface area contributed by atoms with E-state index in [-0.39, 0.29) is 22.5 Å². The Morgan fingerprint density at radius 3 is 2.20 bits per heavy atom. The van der Waals surface area contributed by atoms with Crippen LogP contribution in [0.4, 0.5) is 0 Å². The number of fused-ring (bicyclic) bond motifs is 1. The summed E-state index contributed by atoms with van der Waals surface area (Å²) in [7, 11) is 0. The van der Waals surface area contributed by atoms with Gasteiger partial charge in [-0.15, -0.1) is 0 Å². The van der Waals surface area contributed by atoms with Crippen LogP contribution in [0.1, 0.15) is 25.5 Å². The first kappa shape index (κ1) is 31.6. The molecule has 3 aromatic rings. The van der Waals surface area contributed by atoms with Crippen LogP contribution in [-0.4, -0.2) is 109 Å². The third-order valence-corrected chi connectivity index (χ3v) is 7.69. The summed E-state index contributed by atoms with van der Waals surface area (Å²) >= 11 is 0. The molecule has 5 rings (SSSR count). The van der Waals surface area contributed by atoms with Gasteiger partial charge in [0.2, 0.25) is 0 Å². The van der Waals surface area contributed by atoms with Crippen LogP contribution in [0.2, 0.25) is 0 Å². The van der Waals surface area contributed by atoms with Crippen molar-refractivity contribution in [1.29, 1.82) is 0 Å². The van der Waals surface area contributed by atoms with Gasteiger partial charge in [0.25, 0.3) is 0 Å². The first-order valence-electron chi connectivity index (χ1n) is 13.6. The molecule has 15 nitrogen and oxygen atoms in total. The van der Waals surface area contributed by atoms with Crippen molar-refractivity contribution in [2.24, 2.45) is 0 Å². The normalized spacial score (nSPS) is 32.4. The van der Waals surface area contributed by atoms with Crippen molar-refractivity contribution in [3.8, 4) is 28.6 Å².